The number of carbonyl (C=O) groups excluding carboxylic acids is 1. The summed E-state index contributed by atoms with van der Waals surface area (Å²) in [5.74, 6) is -0.142. The molecular formula is C12H20N4O3S. The van der Waals surface area contributed by atoms with Crippen LogP contribution in [0.5, 0.6) is 0 Å². The fourth-order valence-electron chi connectivity index (χ4n) is 2.62. The van der Waals surface area contributed by atoms with Crippen LogP contribution in [0.15, 0.2) is 17.3 Å². The lowest BCUT2D eigenvalue weighted by Gasteiger charge is -2.20. The van der Waals surface area contributed by atoms with Crippen LogP contribution in [0, 0.1) is 5.92 Å². The molecule has 0 aliphatic carbocycles. The highest BCUT2D eigenvalue weighted by molar-refractivity contribution is 7.89. The second kappa shape index (κ2) is 5.92. The Hall–Kier alpha value is -1.41. The van der Waals surface area contributed by atoms with Crippen molar-refractivity contribution in [1.82, 2.24) is 14.1 Å². The third-order valence-corrected chi connectivity index (χ3v) is 5.65. The normalized spacial score (nSPS) is 21.6. The van der Waals surface area contributed by atoms with Crippen molar-refractivity contribution in [2.75, 3.05) is 13.1 Å². The standard InChI is InChI=1S/C12H20N4O3S/c1-15-12(4-6-14-15)20(18,19)16-7-2-3-10(5-8-16)9-11(13)17/h4,6,10H,2-3,5,7-9H2,1H3,(H2,13,17)/t10-/m0/s1. The van der Waals surface area contributed by atoms with Gasteiger partial charge in [-0.05, 0) is 31.2 Å². The van der Waals surface area contributed by atoms with Gasteiger partial charge < -0.3 is 5.73 Å². The molecular weight excluding hydrogens is 280 g/mol. The highest BCUT2D eigenvalue weighted by Crippen LogP contribution is 2.24. The average molecular weight is 300 g/mol. The zero-order valence-corrected chi connectivity index (χ0v) is 12.3. The molecule has 7 nitrogen and oxygen atoms in total. The fourth-order valence-corrected chi connectivity index (χ4v) is 4.21. The summed E-state index contributed by atoms with van der Waals surface area (Å²) in [5.41, 5.74) is 5.21. The van der Waals surface area contributed by atoms with Gasteiger partial charge in [0.05, 0.1) is 6.20 Å². The van der Waals surface area contributed by atoms with Crippen molar-refractivity contribution in [3.63, 3.8) is 0 Å². The van der Waals surface area contributed by atoms with Gasteiger partial charge in [-0.25, -0.2) is 8.42 Å². The molecule has 1 aliphatic heterocycles. The van der Waals surface area contributed by atoms with Gasteiger partial charge in [0.25, 0.3) is 10.0 Å². The Balaban J connectivity index is 2.11. The van der Waals surface area contributed by atoms with Crippen LogP contribution >= 0.6 is 0 Å². The van der Waals surface area contributed by atoms with Crippen molar-refractivity contribution in [2.24, 2.45) is 18.7 Å². The molecule has 0 spiro atoms. The lowest BCUT2D eigenvalue weighted by Crippen LogP contribution is -2.33. The summed E-state index contributed by atoms with van der Waals surface area (Å²) in [6, 6.07) is 1.50. The van der Waals surface area contributed by atoms with Crippen molar-refractivity contribution >= 4 is 15.9 Å². The minimum absolute atomic E-state index is 0.180. The molecule has 1 saturated heterocycles. The maximum Gasteiger partial charge on any atom is 0.260 e. The smallest absolute Gasteiger partial charge is 0.260 e. The molecule has 0 bridgehead atoms. The Morgan fingerprint density at radius 3 is 2.80 bits per heavy atom. The highest BCUT2D eigenvalue weighted by Gasteiger charge is 2.29. The van der Waals surface area contributed by atoms with E-state index in [0.29, 0.717) is 25.9 Å². The monoisotopic (exact) mass is 300 g/mol. The van der Waals surface area contributed by atoms with E-state index in [9.17, 15) is 13.2 Å². The van der Waals surface area contributed by atoms with E-state index in [1.807, 2.05) is 0 Å². The summed E-state index contributed by atoms with van der Waals surface area (Å²) in [7, 11) is -1.90. The predicted molar refractivity (Wildman–Crippen MR) is 73.1 cm³/mol. The van der Waals surface area contributed by atoms with Crippen LogP contribution in [-0.4, -0.2) is 41.5 Å². The number of aryl methyl sites for hydroxylation is 1. The molecule has 1 aliphatic rings. The van der Waals surface area contributed by atoms with Gasteiger partial charge in [0.15, 0.2) is 5.03 Å². The Morgan fingerprint density at radius 1 is 1.45 bits per heavy atom. The Morgan fingerprint density at radius 2 is 2.20 bits per heavy atom. The van der Waals surface area contributed by atoms with E-state index in [1.165, 1.54) is 21.3 Å². The summed E-state index contributed by atoms with van der Waals surface area (Å²) in [5, 5.41) is 4.11. The van der Waals surface area contributed by atoms with E-state index >= 15 is 0 Å². The molecule has 2 N–H and O–H groups in total. The summed E-state index contributed by atoms with van der Waals surface area (Å²) in [6.45, 7) is 0.897. The van der Waals surface area contributed by atoms with Crippen molar-refractivity contribution < 1.29 is 13.2 Å². The quantitative estimate of drug-likeness (QED) is 0.851. The van der Waals surface area contributed by atoms with E-state index in [-0.39, 0.29) is 16.9 Å². The van der Waals surface area contributed by atoms with Crippen LogP contribution in [0.1, 0.15) is 25.7 Å². The lowest BCUT2D eigenvalue weighted by atomic mass is 9.97. The summed E-state index contributed by atoms with van der Waals surface area (Å²) in [4.78, 5) is 11.0. The molecule has 0 unspecified atom stereocenters. The first-order valence-electron chi connectivity index (χ1n) is 6.67. The number of primary amides is 1. The second-order valence-corrected chi connectivity index (χ2v) is 7.05. The number of nitrogens with zero attached hydrogens (tertiary/aromatic N) is 3. The summed E-state index contributed by atoms with van der Waals surface area (Å²) >= 11 is 0. The van der Waals surface area contributed by atoms with E-state index in [1.54, 1.807) is 7.05 Å². The zero-order valence-electron chi connectivity index (χ0n) is 11.5. The van der Waals surface area contributed by atoms with Gasteiger partial charge in [0.2, 0.25) is 5.91 Å². The van der Waals surface area contributed by atoms with Crippen molar-refractivity contribution in [2.45, 2.75) is 30.7 Å². The highest BCUT2D eigenvalue weighted by atomic mass is 32.2. The molecule has 1 fully saturated rings. The van der Waals surface area contributed by atoms with Crippen LogP contribution in [0.4, 0.5) is 0 Å². The van der Waals surface area contributed by atoms with E-state index in [4.69, 9.17) is 5.73 Å². The molecule has 2 rings (SSSR count). The Labute approximate surface area is 118 Å². The number of rotatable bonds is 4. The molecule has 0 radical (unpaired) electrons. The largest absolute Gasteiger partial charge is 0.370 e. The molecule has 112 valence electrons. The van der Waals surface area contributed by atoms with Crippen molar-refractivity contribution in [3.8, 4) is 0 Å². The molecule has 0 aromatic carbocycles. The molecule has 1 aromatic heterocycles. The number of sulfonamides is 1. The molecule has 1 atom stereocenters. The topological polar surface area (TPSA) is 98.3 Å². The van der Waals surface area contributed by atoms with Crippen LogP contribution in [0.25, 0.3) is 0 Å². The number of aromatic nitrogens is 2. The van der Waals surface area contributed by atoms with Gasteiger partial charge in [-0.15, -0.1) is 0 Å². The molecule has 0 saturated carbocycles. The summed E-state index contributed by atoms with van der Waals surface area (Å²) in [6.07, 6.45) is 4.05. The van der Waals surface area contributed by atoms with Crippen LogP contribution < -0.4 is 5.73 Å². The van der Waals surface area contributed by atoms with Gasteiger partial charge in [0, 0.05) is 26.6 Å². The fraction of sp³-hybridized carbons (Fsp3) is 0.667. The van der Waals surface area contributed by atoms with Gasteiger partial charge in [-0.1, -0.05) is 0 Å². The third kappa shape index (κ3) is 3.18. The minimum atomic E-state index is -3.51. The number of amides is 1. The number of hydrogen-bond acceptors (Lipinski definition) is 4. The minimum Gasteiger partial charge on any atom is -0.370 e. The number of hydrogen-bond donors (Lipinski definition) is 1. The van der Waals surface area contributed by atoms with Crippen molar-refractivity contribution in [3.05, 3.63) is 12.3 Å². The predicted octanol–water partition coefficient (Wildman–Crippen LogP) is 0.0863. The SMILES string of the molecule is Cn1nccc1S(=O)(=O)N1CCC[C@H](CC(N)=O)CC1. The molecule has 1 aromatic rings. The van der Waals surface area contributed by atoms with Crippen LogP contribution in [0.3, 0.4) is 0 Å². The second-order valence-electron chi connectivity index (χ2n) is 5.16. The van der Waals surface area contributed by atoms with Gasteiger partial charge in [-0.3, -0.25) is 9.48 Å². The Bertz CT molecular complexity index is 581. The molecule has 8 heteroatoms. The summed E-state index contributed by atoms with van der Waals surface area (Å²) < 4.78 is 27.9. The van der Waals surface area contributed by atoms with Gasteiger partial charge >= 0.3 is 0 Å². The van der Waals surface area contributed by atoms with Gasteiger partial charge in [0.1, 0.15) is 0 Å². The van der Waals surface area contributed by atoms with Gasteiger partial charge in [-0.2, -0.15) is 9.40 Å². The van der Waals surface area contributed by atoms with E-state index in [2.05, 4.69) is 5.10 Å². The maximum atomic E-state index is 12.5. The molecule has 20 heavy (non-hydrogen) atoms. The van der Waals surface area contributed by atoms with Crippen molar-refractivity contribution in [1.29, 1.82) is 0 Å². The number of nitrogens with two attached hydrogens (primary N) is 1. The lowest BCUT2D eigenvalue weighted by molar-refractivity contribution is -0.119. The Kier molecular flexibility index (Phi) is 4.44. The first-order chi connectivity index (χ1) is 9.41. The maximum absolute atomic E-state index is 12.5. The van der Waals surface area contributed by atoms with E-state index < -0.39 is 10.0 Å². The third-order valence-electron chi connectivity index (χ3n) is 3.68. The van der Waals surface area contributed by atoms with Crippen LogP contribution in [0.2, 0.25) is 0 Å². The first kappa shape index (κ1) is 15.0. The average Bonchev–Trinajstić information content (AvgIpc) is 2.65. The molecule has 1 amide bonds. The van der Waals surface area contributed by atoms with Crippen LogP contribution in [-0.2, 0) is 21.9 Å². The number of carbonyl (C=O) groups is 1. The first-order valence-corrected chi connectivity index (χ1v) is 8.11. The zero-order chi connectivity index (χ0) is 14.8. The molecule has 2 heterocycles. The van der Waals surface area contributed by atoms with E-state index in [0.717, 1.165) is 12.8 Å².